The SMILES string of the molecule is CCOC(=O)CCN(C)S(=O)(=O)N1CCOCC1. The molecule has 0 aromatic carbocycles. The number of rotatable bonds is 6. The first-order chi connectivity index (χ1) is 8.48. The normalized spacial score (nSPS) is 17.9. The van der Waals surface area contributed by atoms with Gasteiger partial charge in [0, 0.05) is 26.7 Å². The molecule has 7 nitrogen and oxygen atoms in total. The second kappa shape index (κ2) is 7.03. The number of hydrogen-bond donors (Lipinski definition) is 0. The van der Waals surface area contributed by atoms with Crippen LogP contribution in [0.25, 0.3) is 0 Å². The molecule has 1 aliphatic heterocycles. The number of carbonyl (C=O) groups excluding carboxylic acids is 1. The highest BCUT2D eigenvalue weighted by Gasteiger charge is 2.28. The molecule has 0 saturated carbocycles. The van der Waals surface area contributed by atoms with Crippen LogP contribution in [0.2, 0.25) is 0 Å². The largest absolute Gasteiger partial charge is 0.466 e. The van der Waals surface area contributed by atoms with Gasteiger partial charge in [0.25, 0.3) is 10.2 Å². The second-order valence-electron chi connectivity index (χ2n) is 3.90. The highest BCUT2D eigenvalue weighted by molar-refractivity contribution is 7.86. The van der Waals surface area contributed by atoms with E-state index in [0.717, 1.165) is 0 Å². The number of nitrogens with zero attached hydrogens (tertiary/aromatic N) is 2. The van der Waals surface area contributed by atoms with Gasteiger partial charge < -0.3 is 9.47 Å². The van der Waals surface area contributed by atoms with E-state index < -0.39 is 10.2 Å². The Morgan fingerprint density at radius 2 is 2.00 bits per heavy atom. The van der Waals surface area contributed by atoms with E-state index in [1.54, 1.807) is 6.92 Å². The zero-order chi connectivity index (χ0) is 13.6. The minimum absolute atomic E-state index is 0.0634. The first-order valence-electron chi connectivity index (χ1n) is 5.93. The van der Waals surface area contributed by atoms with E-state index in [4.69, 9.17) is 9.47 Å². The van der Waals surface area contributed by atoms with Crippen LogP contribution >= 0.6 is 0 Å². The Hall–Kier alpha value is -0.700. The molecule has 0 radical (unpaired) electrons. The van der Waals surface area contributed by atoms with Crippen LogP contribution in [-0.4, -0.2) is 69.5 Å². The molecule has 0 aliphatic carbocycles. The smallest absolute Gasteiger partial charge is 0.307 e. The summed E-state index contributed by atoms with van der Waals surface area (Å²) in [6.45, 7) is 3.66. The maximum atomic E-state index is 12.1. The van der Waals surface area contributed by atoms with Crippen molar-refractivity contribution in [1.29, 1.82) is 0 Å². The first kappa shape index (κ1) is 15.4. The van der Waals surface area contributed by atoms with Gasteiger partial charge in [-0.05, 0) is 6.92 Å². The van der Waals surface area contributed by atoms with Gasteiger partial charge in [-0.1, -0.05) is 0 Å². The topological polar surface area (TPSA) is 76.2 Å². The van der Waals surface area contributed by atoms with E-state index in [2.05, 4.69) is 0 Å². The van der Waals surface area contributed by atoms with Crippen LogP contribution in [0.1, 0.15) is 13.3 Å². The van der Waals surface area contributed by atoms with Crippen molar-refractivity contribution in [3.63, 3.8) is 0 Å². The fourth-order valence-electron chi connectivity index (χ4n) is 1.57. The summed E-state index contributed by atoms with van der Waals surface area (Å²) in [6.07, 6.45) is 0.0634. The zero-order valence-electron chi connectivity index (χ0n) is 10.8. The summed E-state index contributed by atoms with van der Waals surface area (Å²) in [7, 11) is -2.03. The third-order valence-electron chi connectivity index (χ3n) is 2.63. The molecule has 0 unspecified atom stereocenters. The van der Waals surface area contributed by atoms with E-state index in [1.165, 1.54) is 15.7 Å². The minimum Gasteiger partial charge on any atom is -0.466 e. The number of hydrogen-bond acceptors (Lipinski definition) is 5. The summed E-state index contributed by atoms with van der Waals surface area (Å²) in [6, 6.07) is 0. The maximum Gasteiger partial charge on any atom is 0.307 e. The van der Waals surface area contributed by atoms with Gasteiger partial charge in [0.15, 0.2) is 0 Å². The van der Waals surface area contributed by atoms with Gasteiger partial charge in [0.1, 0.15) is 0 Å². The lowest BCUT2D eigenvalue weighted by molar-refractivity contribution is -0.143. The van der Waals surface area contributed by atoms with E-state index in [0.29, 0.717) is 32.9 Å². The van der Waals surface area contributed by atoms with Crippen LogP contribution in [0.4, 0.5) is 0 Å². The van der Waals surface area contributed by atoms with Crippen LogP contribution in [-0.2, 0) is 24.5 Å². The number of carbonyl (C=O) groups is 1. The Bertz CT molecular complexity index is 364. The van der Waals surface area contributed by atoms with Crippen molar-refractivity contribution in [1.82, 2.24) is 8.61 Å². The van der Waals surface area contributed by atoms with Crippen LogP contribution in [0.5, 0.6) is 0 Å². The Balaban J connectivity index is 2.48. The minimum atomic E-state index is -3.49. The molecule has 0 aromatic heterocycles. The summed E-state index contributed by atoms with van der Waals surface area (Å²) >= 11 is 0. The van der Waals surface area contributed by atoms with E-state index in [9.17, 15) is 13.2 Å². The van der Waals surface area contributed by atoms with Gasteiger partial charge in [0.05, 0.1) is 26.2 Å². The predicted molar refractivity (Wildman–Crippen MR) is 65.2 cm³/mol. The predicted octanol–water partition coefficient (Wildman–Crippen LogP) is -0.552. The van der Waals surface area contributed by atoms with Crippen molar-refractivity contribution >= 4 is 16.2 Å². The molecule has 0 bridgehead atoms. The number of esters is 1. The van der Waals surface area contributed by atoms with Crippen molar-refractivity contribution in [3.8, 4) is 0 Å². The van der Waals surface area contributed by atoms with Gasteiger partial charge in [-0.2, -0.15) is 17.0 Å². The highest BCUT2D eigenvalue weighted by Crippen LogP contribution is 2.09. The zero-order valence-corrected chi connectivity index (χ0v) is 11.6. The molecule has 0 N–H and O–H groups in total. The summed E-state index contributed by atoms with van der Waals surface area (Å²) in [4.78, 5) is 11.2. The van der Waals surface area contributed by atoms with Crippen molar-refractivity contribution in [2.45, 2.75) is 13.3 Å². The van der Waals surface area contributed by atoms with E-state index >= 15 is 0 Å². The molecule has 0 spiro atoms. The molecule has 1 aliphatic rings. The molecule has 0 atom stereocenters. The van der Waals surface area contributed by atoms with Crippen LogP contribution in [0.3, 0.4) is 0 Å². The summed E-state index contributed by atoms with van der Waals surface area (Å²) in [5.74, 6) is -0.387. The molecular formula is C10H20N2O5S. The van der Waals surface area contributed by atoms with Crippen molar-refractivity contribution in [3.05, 3.63) is 0 Å². The third-order valence-corrected chi connectivity index (χ3v) is 4.61. The Labute approximate surface area is 108 Å². The molecule has 0 amide bonds. The number of morpholine rings is 1. The fourth-order valence-corrected chi connectivity index (χ4v) is 2.90. The van der Waals surface area contributed by atoms with E-state index in [-0.39, 0.29) is 18.9 Å². The highest BCUT2D eigenvalue weighted by atomic mass is 32.2. The monoisotopic (exact) mass is 280 g/mol. The standard InChI is InChI=1S/C10H20N2O5S/c1-3-17-10(13)4-5-11(2)18(14,15)12-6-8-16-9-7-12/h3-9H2,1-2H3. The molecule has 1 heterocycles. The molecule has 8 heteroatoms. The van der Waals surface area contributed by atoms with Crippen molar-refractivity contribution in [2.24, 2.45) is 0 Å². The fraction of sp³-hybridized carbons (Fsp3) is 0.900. The molecular weight excluding hydrogens is 260 g/mol. The quantitative estimate of drug-likeness (QED) is 0.610. The summed E-state index contributed by atoms with van der Waals surface area (Å²) < 4.78 is 36.6. The summed E-state index contributed by atoms with van der Waals surface area (Å²) in [5, 5.41) is 0. The molecule has 106 valence electrons. The average molecular weight is 280 g/mol. The van der Waals surface area contributed by atoms with Gasteiger partial charge in [-0.3, -0.25) is 4.79 Å². The second-order valence-corrected chi connectivity index (χ2v) is 5.93. The van der Waals surface area contributed by atoms with Crippen molar-refractivity contribution < 1.29 is 22.7 Å². The van der Waals surface area contributed by atoms with Crippen LogP contribution in [0, 0.1) is 0 Å². The van der Waals surface area contributed by atoms with Gasteiger partial charge in [-0.25, -0.2) is 0 Å². The molecule has 18 heavy (non-hydrogen) atoms. The third kappa shape index (κ3) is 4.20. The van der Waals surface area contributed by atoms with Gasteiger partial charge >= 0.3 is 5.97 Å². The van der Waals surface area contributed by atoms with E-state index in [1.807, 2.05) is 0 Å². The van der Waals surface area contributed by atoms with Crippen molar-refractivity contribution in [2.75, 3.05) is 46.5 Å². The molecule has 0 aromatic rings. The Kier molecular flexibility index (Phi) is 6.00. The molecule has 1 rings (SSSR count). The Morgan fingerprint density at radius 3 is 2.56 bits per heavy atom. The molecule has 1 fully saturated rings. The van der Waals surface area contributed by atoms with Gasteiger partial charge in [0.2, 0.25) is 0 Å². The lowest BCUT2D eigenvalue weighted by Gasteiger charge is -2.29. The van der Waals surface area contributed by atoms with Crippen LogP contribution in [0.15, 0.2) is 0 Å². The summed E-state index contributed by atoms with van der Waals surface area (Å²) in [5.41, 5.74) is 0. The van der Waals surface area contributed by atoms with Gasteiger partial charge in [-0.15, -0.1) is 0 Å². The lowest BCUT2D eigenvalue weighted by atomic mass is 10.4. The maximum absolute atomic E-state index is 12.1. The molecule has 1 saturated heterocycles. The Morgan fingerprint density at radius 1 is 1.39 bits per heavy atom. The van der Waals surface area contributed by atoms with Crippen LogP contribution < -0.4 is 0 Å². The lowest BCUT2D eigenvalue weighted by Crippen LogP contribution is -2.47. The number of ether oxygens (including phenoxy) is 2. The average Bonchev–Trinajstić information content (AvgIpc) is 2.37. The first-order valence-corrected chi connectivity index (χ1v) is 7.33.